The summed E-state index contributed by atoms with van der Waals surface area (Å²) in [6.07, 6.45) is -2.18. The Hall–Kier alpha value is -1.45. The number of hydrogen-bond donors (Lipinski definition) is 5. The predicted octanol–water partition coefficient (Wildman–Crippen LogP) is -0.000600. The molecule has 0 amide bonds. The van der Waals surface area contributed by atoms with Crippen molar-refractivity contribution in [1.82, 2.24) is 4.72 Å². The average molecular weight is 359 g/mol. The molecule has 136 valence electrons. The summed E-state index contributed by atoms with van der Waals surface area (Å²) in [5.74, 6) is -0.114. The van der Waals surface area contributed by atoms with E-state index in [0.717, 1.165) is 11.8 Å². The highest BCUT2D eigenvalue weighted by atomic mass is 32.3. The van der Waals surface area contributed by atoms with Gasteiger partial charge in [-0.15, -0.1) is 9.53 Å². The summed E-state index contributed by atoms with van der Waals surface area (Å²) in [7, 11) is -4.18. The van der Waals surface area contributed by atoms with Gasteiger partial charge in [-0.1, -0.05) is 30.3 Å². The summed E-state index contributed by atoms with van der Waals surface area (Å²) in [5, 5.41) is 29.3. The van der Waals surface area contributed by atoms with Crippen molar-refractivity contribution in [2.75, 3.05) is 12.0 Å². The van der Waals surface area contributed by atoms with Gasteiger partial charge in [-0.05, 0) is 18.9 Å². The molecule has 0 saturated carbocycles. The Balaban J connectivity index is 2.06. The van der Waals surface area contributed by atoms with Gasteiger partial charge in [0.25, 0.3) is 0 Å². The zero-order valence-corrected chi connectivity index (χ0v) is 14.5. The van der Waals surface area contributed by atoms with Crippen molar-refractivity contribution < 1.29 is 28.8 Å². The molecule has 1 aliphatic rings. The Kier molecular flexibility index (Phi) is 5.36. The molecule has 0 spiro atoms. The van der Waals surface area contributed by atoms with Gasteiger partial charge in [0.05, 0.1) is 12.0 Å². The van der Waals surface area contributed by atoms with Crippen LogP contribution in [0.3, 0.4) is 0 Å². The van der Waals surface area contributed by atoms with Crippen LogP contribution >= 0.6 is 0 Å². The van der Waals surface area contributed by atoms with Crippen LogP contribution in [0.4, 0.5) is 0 Å². The van der Waals surface area contributed by atoms with Gasteiger partial charge in [0.1, 0.15) is 30.2 Å². The third-order valence-corrected chi connectivity index (χ3v) is 5.87. The fourth-order valence-corrected chi connectivity index (χ4v) is 3.63. The van der Waals surface area contributed by atoms with Crippen LogP contribution < -0.4 is 4.72 Å². The fourth-order valence-electron chi connectivity index (χ4n) is 2.38. The molecule has 1 heterocycles. The highest BCUT2D eigenvalue weighted by Crippen LogP contribution is 2.24. The first kappa shape index (κ1) is 18.9. The zero-order valence-electron chi connectivity index (χ0n) is 13.7. The van der Waals surface area contributed by atoms with Crippen LogP contribution in [-0.2, 0) is 20.7 Å². The van der Waals surface area contributed by atoms with Gasteiger partial charge in [-0.2, -0.15) is 4.21 Å². The Bertz CT molecular complexity index is 656. The zero-order chi connectivity index (χ0) is 18.0. The minimum atomic E-state index is -4.18. The molecule has 1 aromatic carbocycles. The number of benzene rings is 1. The molecule has 1 fully saturated rings. The van der Waals surface area contributed by atoms with Gasteiger partial charge in [-0.3, -0.25) is 9.27 Å². The number of hydrogen-bond acceptors (Lipinski definition) is 5. The van der Waals surface area contributed by atoms with Gasteiger partial charge in [0.2, 0.25) is 0 Å². The average Bonchev–Trinajstić information content (AvgIpc) is 2.54. The summed E-state index contributed by atoms with van der Waals surface area (Å²) in [6.45, 7) is 1.53. The Morgan fingerprint density at radius 1 is 1.21 bits per heavy atom. The SMILES string of the molecule is CC1OC(=CNS(C)(=O)(O)CCc2ccccc2)C(O)C(O)C1O. The van der Waals surface area contributed by atoms with Crippen molar-refractivity contribution in [1.29, 1.82) is 0 Å². The first-order valence-corrected chi connectivity index (χ1v) is 10.2. The summed E-state index contributed by atoms with van der Waals surface area (Å²) in [6, 6.07) is 9.32. The van der Waals surface area contributed by atoms with Crippen LogP contribution in [0.1, 0.15) is 12.5 Å². The first-order valence-electron chi connectivity index (χ1n) is 7.67. The molecule has 24 heavy (non-hydrogen) atoms. The van der Waals surface area contributed by atoms with Crippen molar-refractivity contribution in [3.8, 4) is 0 Å². The van der Waals surface area contributed by atoms with E-state index in [2.05, 4.69) is 4.72 Å². The second kappa shape index (κ2) is 6.81. The van der Waals surface area contributed by atoms with Crippen molar-refractivity contribution in [2.24, 2.45) is 0 Å². The lowest BCUT2D eigenvalue weighted by Crippen LogP contribution is -2.52. The minimum Gasteiger partial charge on any atom is -0.488 e. The minimum absolute atomic E-state index is 0.0260. The topological polar surface area (TPSA) is 119 Å². The molecule has 4 unspecified atom stereocenters. The number of aliphatic hydroxyl groups is 3. The van der Waals surface area contributed by atoms with Crippen LogP contribution in [0.25, 0.3) is 0 Å². The summed E-state index contributed by atoms with van der Waals surface area (Å²) >= 11 is 0. The third kappa shape index (κ3) is 4.78. The maximum absolute atomic E-state index is 12.7. The monoisotopic (exact) mass is 359 g/mol. The lowest BCUT2D eigenvalue weighted by Gasteiger charge is -2.41. The van der Waals surface area contributed by atoms with Gasteiger partial charge >= 0.3 is 0 Å². The molecule has 5 N–H and O–H groups in total. The molecule has 0 aliphatic carbocycles. The number of ether oxygens (including phenoxy) is 1. The molecule has 1 aromatic rings. The number of nitrogens with one attached hydrogen (secondary N) is 1. The molecule has 0 aromatic heterocycles. The van der Waals surface area contributed by atoms with Crippen molar-refractivity contribution >= 4 is 9.53 Å². The van der Waals surface area contributed by atoms with Gasteiger partial charge < -0.3 is 20.1 Å². The van der Waals surface area contributed by atoms with E-state index in [1.165, 1.54) is 13.2 Å². The van der Waals surface area contributed by atoms with Gasteiger partial charge in [-0.25, -0.2) is 0 Å². The van der Waals surface area contributed by atoms with E-state index in [0.29, 0.717) is 6.42 Å². The Morgan fingerprint density at radius 2 is 1.83 bits per heavy atom. The standard InChI is InChI=1S/C16H25NO6S/c1-11-14(18)16(20)15(19)13(23-11)10-17-24(2,21,22)9-8-12-6-4-3-5-7-12/h3-7,10-11,14-16,18-20H,8-9H2,1-2H3,(H2,17,21,22). The lowest BCUT2D eigenvalue weighted by molar-refractivity contribution is -0.150. The van der Waals surface area contributed by atoms with Crippen molar-refractivity contribution in [3.05, 3.63) is 47.9 Å². The molecule has 7 nitrogen and oxygen atoms in total. The smallest absolute Gasteiger partial charge is 0.145 e. The Morgan fingerprint density at radius 3 is 2.46 bits per heavy atom. The lowest BCUT2D eigenvalue weighted by atomic mass is 9.99. The molecular formula is C16H25NO6S. The fraction of sp³-hybridized carbons (Fsp3) is 0.500. The van der Waals surface area contributed by atoms with E-state index < -0.39 is 33.9 Å². The second-order valence-electron chi connectivity index (χ2n) is 6.34. The summed E-state index contributed by atoms with van der Waals surface area (Å²) < 4.78 is 30.8. The highest BCUT2D eigenvalue weighted by molar-refractivity contribution is 8.12. The summed E-state index contributed by atoms with van der Waals surface area (Å²) in [5.41, 5.74) is 0.933. The second-order valence-corrected chi connectivity index (χ2v) is 9.94. The van der Waals surface area contributed by atoms with E-state index in [1.54, 1.807) is 0 Å². The normalized spacial score (nSPS) is 31.1. The van der Waals surface area contributed by atoms with Crippen molar-refractivity contribution in [2.45, 2.75) is 37.8 Å². The van der Waals surface area contributed by atoms with E-state index >= 15 is 0 Å². The molecule has 0 radical (unpaired) electrons. The molecule has 8 heteroatoms. The largest absolute Gasteiger partial charge is 0.488 e. The van der Waals surface area contributed by atoms with Crippen LogP contribution in [-0.4, -0.2) is 60.5 Å². The highest BCUT2D eigenvalue weighted by Gasteiger charge is 2.39. The molecule has 2 rings (SSSR count). The van der Waals surface area contributed by atoms with Gasteiger partial charge in [0.15, 0.2) is 0 Å². The third-order valence-electron chi connectivity index (χ3n) is 3.99. The Labute approximate surface area is 141 Å². The molecule has 1 saturated heterocycles. The maximum atomic E-state index is 12.7. The number of aryl methyl sites for hydroxylation is 1. The van der Waals surface area contributed by atoms with E-state index in [9.17, 15) is 24.1 Å². The van der Waals surface area contributed by atoms with Crippen LogP contribution in [0.5, 0.6) is 0 Å². The molecule has 0 bridgehead atoms. The van der Waals surface area contributed by atoms with E-state index in [4.69, 9.17) is 4.74 Å². The number of aliphatic hydroxyl groups excluding tert-OH is 3. The first-order chi connectivity index (χ1) is 11.1. The van der Waals surface area contributed by atoms with Gasteiger partial charge in [0, 0.05) is 6.26 Å². The van der Waals surface area contributed by atoms with Crippen LogP contribution in [0.2, 0.25) is 0 Å². The van der Waals surface area contributed by atoms with Crippen LogP contribution in [0.15, 0.2) is 42.3 Å². The molecular weight excluding hydrogens is 334 g/mol. The number of rotatable bonds is 5. The van der Waals surface area contributed by atoms with Crippen molar-refractivity contribution in [3.63, 3.8) is 0 Å². The molecule has 4 atom stereocenters. The van der Waals surface area contributed by atoms with Crippen LogP contribution in [0, 0.1) is 0 Å². The molecule has 1 aliphatic heterocycles. The predicted molar refractivity (Wildman–Crippen MR) is 91.5 cm³/mol. The van der Waals surface area contributed by atoms with E-state index in [1.807, 2.05) is 30.3 Å². The quantitative estimate of drug-likeness (QED) is 0.505. The summed E-state index contributed by atoms with van der Waals surface area (Å²) in [4.78, 5) is 0. The van der Waals surface area contributed by atoms with E-state index in [-0.39, 0.29) is 11.5 Å². The maximum Gasteiger partial charge on any atom is 0.145 e.